The molecule has 0 radical (unpaired) electrons. The second kappa shape index (κ2) is 3.67. The third kappa shape index (κ3) is 2.04. The predicted molar refractivity (Wildman–Crippen MR) is 48.2 cm³/mol. The SMILES string of the molecule is CC(=O)Cn1cc(Br)cc1C=O. The summed E-state index contributed by atoms with van der Waals surface area (Å²) in [6.07, 6.45) is 2.44. The van der Waals surface area contributed by atoms with E-state index >= 15 is 0 Å². The van der Waals surface area contributed by atoms with Gasteiger partial charge in [-0.15, -0.1) is 0 Å². The van der Waals surface area contributed by atoms with Gasteiger partial charge in [-0.25, -0.2) is 0 Å². The fourth-order valence-corrected chi connectivity index (χ4v) is 1.45. The minimum absolute atomic E-state index is 0.0289. The van der Waals surface area contributed by atoms with Crippen LogP contribution in [0.3, 0.4) is 0 Å². The molecule has 0 unspecified atom stereocenters. The third-order valence-electron chi connectivity index (χ3n) is 1.41. The standard InChI is InChI=1S/C8H8BrNO2/c1-6(12)3-10-4-7(9)2-8(10)5-11/h2,4-5H,3H2,1H3. The van der Waals surface area contributed by atoms with E-state index in [9.17, 15) is 9.59 Å². The molecule has 64 valence electrons. The fourth-order valence-electron chi connectivity index (χ4n) is 0.963. The van der Waals surface area contributed by atoms with Crippen molar-refractivity contribution in [2.75, 3.05) is 0 Å². The molecule has 0 atom stereocenters. The summed E-state index contributed by atoms with van der Waals surface area (Å²) in [4.78, 5) is 21.2. The molecule has 4 heteroatoms. The quantitative estimate of drug-likeness (QED) is 0.740. The van der Waals surface area contributed by atoms with Crippen molar-refractivity contribution in [3.05, 3.63) is 22.4 Å². The van der Waals surface area contributed by atoms with E-state index in [0.29, 0.717) is 5.69 Å². The highest BCUT2D eigenvalue weighted by atomic mass is 79.9. The lowest BCUT2D eigenvalue weighted by Crippen LogP contribution is -2.07. The highest BCUT2D eigenvalue weighted by molar-refractivity contribution is 9.10. The van der Waals surface area contributed by atoms with Gasteiger partial charge in [0.05, 0.1) is 12.2 Å². The summed E-state index contributed by atoms with van der Waals surface area (Å²) in [5.41, 5.74) is 0.511. The first-order chi connectivity index (χ1) is 5.63. The van der Waals surface area contributed by atoms with Gasteiger partial charge in [-0.1, -0.05) is 0 Å². The van der Waals surface area contributed by atoms with Crippen LogP contribution in [0, 0.1) is 0 Å². The first kappa shape index (κ1) is 9.19. The van der Waals surface area contributed by atoms with Crippen LogP contribution < -0.4 is 0 Å². The minimum atomic E-state index is 0.0289. The van der Waals surface area contributed by atoms with Crippen LogP contribution in [0.2, 0.25) is 0 Å². The molecular weight excluding hydrogens is 222 g/mol. The Morgan fingerprint density at radius 3 is 2.92 bits per heavy atom. The summed E-state index contributed by atoms with van der Waals surface area (Å²) in [5, 5.41) is 0. The number of carbonyl (C=O) groups is 2. The lowest BCUT2D eigenvalue weighted by Gasteiger charge is -1.99. The fraction of sp³-hybridized carbons (Fsp3) is 0.250. The lowest BCUT2D eigenvalue weighted by atomic mass is 10.4. The summed E-state index contributed by atoms with van der Waals surface area (Å²) in [5.74, 6) is 0.0289. The number of nitrogens with zero attached hydrogens (tertiary/aromatic N) is 1. The average Bonchev–Trinajstić information content (AvgIpc) is 2.29. The summed E-state index contributed by atoms with van der Waals surface area (Å²) < 4.78 is 2.42. The molecule has 0 aliphatic carbocycles. The number of halogens is 1. The maximum Gasteiger partial charge on any atom is 0.166 e. The van der Waals surface area contributed by atoms with Crippen molar-refractivity contribution < 1.29 is 9.59 Å². The average molecular weight is 230 g/mol. The molecule has 3 nitrogen and oxygen atoms in total. The van der Waals surface area contributed by atoms with E-state index in [1.165, 1.54) is 6.92 Å². The molecule has 12 heavy (non-hydrogen) atoms. The van der Waals surface area contributed by atoms with E-state index in [1.54, 1.807) is 16.8 Å². The molecule has 0 amide bonds. The molecular formula is C8H8BrNO2. The Balaban J connectivity index is 2.96. The molecule has 1 rings (SSSR count). The van der Waals surface area contributed by atoms with Gasteiger partial charge in [-0.2, -0.15) is 0 Å². The van der Waals surface area contributed by atoms with Crippen molar-refractivity contribution in [1.82, 2.24) is 4.57 Å². The smallest absolute Gasteiger partial charge is 0.166 e. The molecule has 0 aliphatic rings. The van der Waals surface area contributed by atoms with Crippen LogP contribution >= 0.6 is 15.9 Å². The zero-order valence-electron chi connectivity index (χ0n) is 6.58. The first-order valence-corrected chi connectivity index (χ1v) is 4.23. The normalized spacial score (nSPS) is 9.83. The Morgan fingerprint density at radius 1 is 1.75 bits per heavy atom. The molecule has 1 aromatic rings. The minimum Gasteiger partial charge on any atom is -0.337 e. The monoisotopic (exact) mass is 229 g/mol. The van der Waals surface area contributed by atoms with E-state index < -0.39 is 0 Å². The number of rotatable bonds is 3. The van der Waals surface area contributed by atoms with Gasteiger partial charge < -0.3 is 4.57 Å². The van der Waals surface area contributed by atoms with Crippen LogP contribution in [-0.4, -0.2) is 16.6 Å². The largest absolute Gasteiger partial charge is 0.337 e. The van der Waals surface area contributed by atoms with Crippen LogP contribution in [0.25, 0.3) is 0 Å². The molecule has 0 aliphatic heterocycles. The van der Waals surface area contributed by atoms with Gasteiger partial charge in [0.2, 0.25) is 0 Å². The Morgan fingerprint density at radius 2 is 2.42 bits per heavy atom. The number of aldehydes is 1. The van der Waals surface area contributed by atoms with Crippen LogP contribution in [0.1, 0.15) is 17.4 Å². The number of hydrogen-bond acceptors (Lipinski definition) is 2. The Hall–Kier alpha value is -0.900. The molecule has 0 saturated heterocycles. The second-order valence-electron chi connectivity index (χ2n) is 2.53. The number of hydrogen-bond donors (Lipinski definition) is 0. The Bertz CT molecular complexity index is 317. The maximum atomic E-state index is 10.7. The molecule has 1 aromatic heterocycles. The number of carbonyl (C=O) groups excluding carboxylic acids is 2. The number of aromatic nitrogens is 1. The second-order valence-corrected chi connectivity index (χ2v) is 3.45. The van der Waals surface area contributed by atoms with Crippen molar-refractivity contribution in [3.63, 3.8) is 0 Å². The highest BCUT2D eigenvalue weighted by Gasteiger charge is 2.04. The van der Waals surface area contributed by atoms with E-state index in [4.69, 9.17) is 0 Å². The maximum absolute atomic E-state index is 10.7. The highest BCUT2D eigenvalue weighted by Crippen LogP contribution is 2.13. The molecule has 0 saturated carbocycles. The summed E-state index contributed by atoms with van der Waals surface area (Å²) in [6.45, 7) is 1.74. The summed E-state index contributed by atoms with van der Waals surface area (Å²) in [7, 11) is 0. The summed E-state index contributed by atoms with van der Waals surface area (Å²) >= 11 is 3.22. The van der Waals surface area contributed by atoms with Crippen LogP contribution in [-0.2, 0) is 11.3 Å². The molecule has 0 fully saturated rings. The van der Waals surface area contributed by atoms with Gasteiger partial charge in [0.1, 0.15) is 5.78 Å². The van der Waals surface area contributed by atoms with Crippen LogP contribution in [0.5, 0.6) is 0 Å². The molecule has 0 aromatic carbocycles. The van der Waals surface area contributed by atoms with Crippen molar-refractivity contribution in [1.29, 1.82) is 0 Å². The Kier molecular flexibility index (Phi) is 2.81. The molecule has 0 N–H and O–H groups in total. The predicted octanol–water partition coefficient (Wildman–Crippen LogP) is 1.65. The Labute approximate surface area is 78.5 Å². The third-order valence-corrected chi connectivity index (χ3v) is 1.84. The van der Waals surface area contributed by atoms with Gasteiger partial charge in [0.15, 0.2) is 6.29 Å². The van der Waals surface area contributed by atoms with Crippen LogP contribution in [0.15, 0.2) is 16.7 Å². The van der Waals surface area contributed by atoms with E-state index in [2.05, 4.69) is 15.9 Å². The number of Topliss-reactive ketones (excluding diaryl/α,β-unsaturated/α-hetero) is 1. The molecule has 1 heterocycles. The van der Waals surface area contributed by atoms with E-state index in [-0.39, 0.29) is 12.3 Å². The summed E-state index contributed by atoms with van der Waals surface area (Å²) in [6, 6.07) is 1.68. The van der Waals surface area contributed by atoms with Gasteiger partial charge in [-0.05, 0) is 28.9 Å². The van der Waals surface area contributed by atoms with Gasteiger partial charge in [0, 0.05) is 10.7 Å². The van der Waals surface area contributed by atoms with Crippen molar-refractivity contribution in [2.24, 2.45) is 0 Å². The molecule has 0 spiro atoms. The van der Waals surface area contributed by atoms with E-state index in [1.807, 2.05) is 0 Å². The number of ketones is 1. The zero-order valence-corrected chi connectivity index (χ0v) is 8.17. The van der Waals surface area contributed by atoms with Crippen molar-refractivity contribution >= 4 is 28.0 Å². The first-order valence-electron chi connectivity index (χ1n) is 3.44. The zero-order chi connectivity index (χ0) is 9.14. The topological polar surface area (TPSA) is 39.1 Å². The van der Waals surface area contributed by atoms with Crippen LogP contribution in [0.4, 0.5) is 0 Å². The lowest BCUT2D eigenvalue weighted by molar-refractivity contribution is -0.117. The van der Waals surface area contributed by atoms with Gasteiger partial charge >= 0.3 is 0 Å². The van der Waals surface area contributed by atoms with Gasteiger partial charge in [-0.3, -0.25) is 9.59 Å². The van der Waals surface area contributed by atoms with E-state index in [0.717, 1.165) is 10.8 Å². The molecule has 0 bridgehead atoms. The van der Waals surface area contributed by atoms with Gasteiger partial charge in [0.25, 0.3) is 0 Å². The van der Waals surface area contributed by atoms with Crippen molar-refractivity contribution in [2.45, 2.75) is 13.5 Å². The van der Waals surface area contributed by atoms with Crippen molar-refractivity contribution in [3.8, 4) is 0 Å².